The molecule has 0 aliphatic rings. The summed E-state index contributed by atoms with van der Waals surface area (Å²) in [5.41, 5.74) is 0.895. The SMILES string of the molecule is CCCC(CCO)CNC(=NCc1cc2ccccc2o1)NCC. The van der Waals surface area contributed by atoms with Gasteiger partial charge in [-0.2, -0.15) is 0 Å². The number of para-hydroxylation sites is 1. The summed E-state index contributed by atoms with van der Waals surface area (Å²) in [6.07, 6.45) is 3.05. The van der Waals surface area contributed by atoms with Crippen LogP contribution in [0.5, 0.6) is 0 Å². The number of rotatable bonds is 9. The second kappa shape index (κ2) is 9.98. The maximum absolute atomic E-state index is 9.17. The van der Waals surface area contributed by atoms with Gasteiger partial charge >= 0.3 is 0 Å². The van der Waals surface area contributed by atoms with Crippen LogP contribution in [0.15, 0.2) is 39.7 Å². The smallest absolute Gasteiger partial charge is 0.191 e. The van der Waals surface area contributed by atoms with Crippen molar-refractivity contribution in [1.82, 2.24) is 10.6 Å². The normalized spacial score (nSPS) is 13.2. The average molecular weight is 331 g/mol. The highest BCUT2D eigenvalue weighted by Gasteiger charge is 2.09. The van der Waals surface area contributed by atoms with E-state index >= 15 is 0 Å². The van der Waals surface area contributed by atoms with Crippen molar-refractivity contribution >= 4 is 16.9 Å². The first-order valence-corrected chi connectivity index (χ1v) is 8.87. The molecule has 0 saturated heterocycles. The standard InChI is InChI=1S/C19H29N3O2/c1-3-7-15(10-11-23)13-21-19(20-4-2)22-14-17-12-16-8-5-6-9-18(16)24-17/h5-6,8-9,12,15,23H,3-4,7,10-11,13-14H2,1-2H3,(H2,20,21,22). The Hall–Kier alpha value is -2.01. The van der Waals surface area contributed by atoms with Gasteiger partial charge in [0, 0.05) is 25.1 Å². The van der Waals surface area contributed by atoms with Gasteiger partial charge in [0.1, 0.15) is 17.9 Å². The molecule has 2 aromatic rings. The van der Waals surface area contributed by atoms with Crippen LogP contribution >= 0.6 is 0 Å². The van der Waals surface area contributed by atoms with Gasteiger partial charge in [-0.3, -0.25) is 0 Å². The lowest BCUT2D eigenvalue weighted by atomic mass is 10.0. The van der Waals surface area contributed by atoms with Gasteiger partial charge in [-0.15, -0.1) is 0 Å². The van der Waals surface area contributed by atoms with Gasteiger partial charge in [0.05, 0.1) is 0 Å². The zero-order chi connectivity index (χ0) is 17.2. The molecule has 0 bridgehead atoms. The number of aliphatic hydroxyl groups is 1. The first-order chi connectivity index (χ1) is 11.8. The number of guanidine groups is 1. The molecule has 3 N–H and O–H groups in total. The fourth-order valence-electron chi connectivity index (χ4n) is 2.79. The maximum atomic E-state index is 9.17. The van der Waals surface area contributed by atoms with Crippen molar-refractivity contribution in [2.75, 3.05) is 19.7 Å². The highest BCUT2D eigenvalue weighted by molar-refractivity contribution is 5.80. The number of hydrogen-bond acceptors (Lipinski definition) is 3. The molecule has 1 unspecified atom stereocenters. The van der Waals surface area contributed by atoms with E-state index in [1.54, 1.807) is 0 Å². The lowest BCUT2D eigenvalue weighted by Crippen LogP contribution is -2.40. The number of nitrogens with zero attached hydrogens (tertiary/aromatic N) is 1. The van der Waals surface area contributed by atoms with Gasteiger partial charge in [-0.25, -0.2) is 4.99 Å². The summed E-state index contributed by atoms with van der Waals surface area (Å²) >= 11 is 0. The highest BCUT2D eigenvalue weighted by Crippen LogP contribution is 2.19. The van der Waals surface area contributed by atoms with Crippen LogP contribution in [0.1, 0.15) is 38.9 Å². The third-order valence-electron chi connectivity index (χ3n) is 4.01. The molecule has 0 saturated carbocycles. The van der Waals surface area contributed by atoms with E-state index in [0.29, 0.717) is 12.5 Å². The quantitative estimate of drug-likeness (QED) is 0.487. The Labute approximate surface area is 144 Å². The summed E-state index contributed by atoms with van der Waals surface area (Å²) < 4.78 is 5.80. The van der Waals surface area contributed by atoms with E-state index < -0.39 is 0 Å². The van der Waals surface area contributed by atoms with Crippen molar-refractivity contribution in [3.05, 3.63) is 36.1 Å². The Bertz CT molecular complexity index is 597. The second-order valence-corrected chi connectivity index (χ2v) is 5.99. The van der Waals surface area contributed by atoms with E-state index in [1.807, 2.05) is 30.3 Å². The molecule has 132 valence electrons. The molecule has 24 heavy (non-hydrogen) atoms. The number of hydrogen-bond donors (Lipinski definition) is 3. The largest absolute Gasteiger partial charge is 0.459 e. The van der Waals surface area contributed by atoms with Gasteiger partial charge in [0.25, 0.3) is 0 Å². The lowest BCUT2D eigenvalue weighted by molar-refractivity contribution is 0.251. The minimum absolute atomic E-state index is 0.235. The topological polar surface area (TPSA) is 69.8 Å². The molecule has 0 aliphatic heterocycles. The van der Waals surface area contributed by atoms with Crippen molar-refractivity contribution in [3.63, 3.8) is 0 Å². The van der Waals surface area contributed by atoms with Crippen molar-refractivity contribution in [2.24, 2.45) is 10.9 Å². The van der Waals surface area contributed by atoms with Crippen molar-refractivity contribution < 1.29 is 9.52 Å². The van der Waals surface area contributed by atoms with Crippen molar-refractivity contribution in [1.29, 1.82) is 0 Å². The lowest BCUT2D eigenvalue weighted by Gasteiger charge is -2.18. The molecule has 0 radical (unpaired) electrons. The van der Waals surface area contributed by atoms with Crippen LogP contribution < -0.4 is 10.6 Å². The first kappa shape index (κ1) is 18.3. The Balaban J connectivity index is 1.96. The minimum atomic E-state index is 0.235. The van der Waals surface area contributed by atoms with Crippen LogP contribution in [-0.2, 0) is 6.54 Å². The molecule has 1 heterocycles. The monoisotopic (exact) mass is 331 g/mol. The van der Waals surface area contributed by atoms with E-state index in [-0.39, 0.29) is 6.61 Å². The number of aliphatic imine (C=N–C) groups is 1. The summed E-state index contributed by atoms with van der Waals surface area (Å²) in [7, 11) is 0. The van der Waals surface area contributed by atoms with Gasteiger partial charge in [-0.1, -0.05) is 31.5 Å². The Morgan fingerprint density at radius 3 is 2.75 bits per heavy atom. The molecule has 0 fully saturated rings. The van der Waals surface area contributed by atoms with E-state index in [0.717, 1.165) is 55.0 Å². The van der Waals surface area contributed by atoms with Crippen molar-refractivity contribution in [3.8, 4) is 0 Å². The molecule has 5 heteroatoms. The average Bonchev–Trinajstić information content (AvgIpc) is 3.00. The molecule has 0 aliphatic carbocycles. The fourth-order valence-corrected chi connectivity index (χ4v) is 2.79. The first-order valence-electron chi connectivity index (χ1n) is 8.87. The summed E-state index contributed by atoms with van der Waals surface area (Å²) in [4.78, 5) is 4.61. The predicted octanol–water partition coefficient (Wildman–Crippen LogP) is 3.29. The number of aliphatic hydroxyl groups excluding tert-OH is 1. The summed E-state index contributed by atoms with van der Waals surface area (Å²) in [6.45, 7) is 6.59. The Morgan fingerprint density at radius 2 is 2.04 bits per heavy atom. The summed E-state index contributed by atoms with van der Waals surface area (Å²) in [5, 5.41) is 16.9. The predicted molar refractivity (Wildman–Crippen MR) is 99.1 cm³/mol. The zero-order valence-corrected chi connectivity index (χ0v) is 14.7. The Morgan fingerprint density at radius 1 is 1.21 bits per heavy atom. The third-order valence-corrected chi connectivity index (χ3v) is 4.01. The van der Waals surface area contributed by atoms with Crippen LogP contribution in [0.4, 0.5) is 0 Å². The molecule has 2 rings (SSSR count). The maximum Gasteiger partial charge on any atom is 0.191 e. The minimum Gasteiger partial charge on any atom is -0.459 e. The number of benzene rings is 1. The number of fused-ring (bicyclic) bond motifs is 1. The van der Waals surface area contributed by atoms with Crippen LogP contribution in [0.25, 0.3) is 11.0 Å². The van der Waals surface area contributed by atoms with E-state index in [4.69, 9.17) is 9.52 Å². The molecule has 0 amide bonds. The molecular formula is C19H29N3O2. The molecule has 1 aromatic heterocycles. The molecule has 5 nitrogen and oxygen atoms in total. The summed E-state index contributed by atoms with van der Waals surface area (Å²) in [5.74, 6) is 2.11. The van der Waals surface area contributed by atoms with Crippen LogP contribution in [0.3, 0.4) is 0 Å². The van der Waals surface area contributed by atoms with Gasteiger partial charge in [0.15, 0.2) is 5.96 Å². The second-order valence-electron chi connectivity index (χ2n) is 5.99. The van der Waals surface area contributed by atoms with E-state index in [2.05, 4.69) is 29.5 Å². The van der Waals surface area contributed by atoms with Crippen LogP contribution in [-0.4, -0.2) is 30.8 Å². The van der Waals surface area contributed by atoms with Crippen LogP contribution in [0, 0.1) is 5.92 Å². The van der Waals surface area contributed by atoms with E-state index in [9.17, 15) is 0 Å². The van der Waals surface area contributed by atoms with E-state index in [1.165, 1.54) is 0 Å². The number of nitrogens with one attached hydrogen (secondary N) is 2. The zero-order valence-electron chi connectivity index (χ0n) is 14.7. The molecular weight excluding hydrogens is 302 g/mol. The van der Waals surface area contributed by atoms with Crippen LogP contribution in [0.2, 0.25) is 0 Å². The molecule has 0 spiro atoms. The summed E-state index contributed by atoms with van der Waals surface area (Å²) in [6, 6.07) is 10.0. The van der Waals surface area contributed by atoms with Crippen molar-refractivity contribution in [2.45, 2.75) is 39.7 Å². The third kappa shape index (κ3) is 5.57. The fraction of sp³-hybridized carbons (Fsp3) is 0.526. The van der Waals surface area contributed by atoms with Gasteiger partial charge < -0.3 is 20.2 Å². The van der Waals surface area contributed by atoms with Gasteiger partial charge in [-0.05, 0) is 37.8 Å². The molecule has 1 aromatic carbocycles. The van der Waals surface area contributed by atoms with Gasteiger partial charge in [0.2, 0.25) is 0 Å². The molecule has 1 atom stereocenters. The number of furan rings is 1. The Kier molecular flexibility index (Phi) is 7.62. The highest BCUT2D eigenvalue weighted by atomic mass is 16.3.